The summed E-state index contributed by atoms with van der Waals surface area (Å²) in [5, 5.41) is 3.43. The highest BCUT2D eigenvalue weighted by atomic mass is 32.2. The third-order valence-corrected chi connectivity index (χ3v) is 4.69. The van der Waals surface area contributed by atoms with Crippen LogP contribution in [0, 0.1) is 0 Å². The molecule has 0 saturated carbocycles. The van der Waals surface area contributed by atoms with Crippen LogP contribution in [0.2, 0.25) is 0 Å². The van der Waals surface area contributed by atoms with Gasteiger partial charge in [0.05, 0.1) is 29.1 Å². The number of hydrogen-bond acceptors (Lipinski definition) is 4. The standard InChI is InChI=1S/C18H19N3O2S/c1-3-10-21-16-9-5-4-8-15(16)20-18(21)24-13(2)17(22)19-12-14-7-6-11-23-14/h3-9,11,13H,1,10,12H2,2H3,(H,19,22)/t13-/m0/s1. The molecule has 1 N–H and O–H groups in total. The maximum atomic E-state index is 12.3. The Bertz CT molecular complexity index is 839. The number of amides is 1. The molecule has 5 nitrogen and oxygen atoms in total. The summed E-state index contributed by atoms with van der Waals surface area (Å²) >= 11 is 1.44. The van der Waals surface area contributed by atoms with Gasteiger partial charge in [0.2, 0.25) is 5.91 Å². The predicted molar refractivity (Wildman–Crippen MR) is 95.8 cm³/mol. The van der Waals surface area contributed by atoms with Crippen LogP contribution in [0.15, 0.2) is 64.9 Å². The fourth-order valence-electron chi connectivity index (χ4n) is 2.39. The van der Waals surface area contributed by atoms with E-state index in [0.29, 0.717) is 13.1 Å². The molecular formula is C18H19N3O2S. The second-order valence-corrected chi connectivity index (χ2v) is 6.65. The molecule has 6 heteroatoms. The van der Waals surface area contributed by atoms with Crippen LogP contribution in [-0.2, 0) is 17.9 Å². The number of thioether (sulfide) groups is 1. The first-order chi connectivity index (χ1) is 11.7. The summed E-state index contributed by atoms with van der Waals surface area (Å²) in [6, 6.07) is 11.6. The molecule has 0 aliphatic heterocycles. The van der Waals surface area contributed by atoms with E-state index in [0.717, 1.165) is 22.0 Å². The average molecular weight is 341 g/mol. The molecular weight excluding hydrogens is 322 g/mol. The van der Waals surface area contributed by atoms with E-state index in [2.05, 4.69) is 21.4 Å². The van der Waals surface area contributed by atoms with Crippen molar-refractivity contribution >= 4 is 28.7 Å². The zero-order valence-electron chi connectivity index (χ0n) is 13.4. The smallest absolute Gasteiger partial charge is 0.233 e. The molecule has 2 aromatic heterocycles. The van der Waals surface area contributed by atoms with Crippen LogP contribution in [0.1, 0.15) is 12.7 Å². The summed E-state index contributed by atoms with van der Waals surface area (Å²) in [7, 11) is 0. The number of allylic oxidation sites excluding steroid dienone is 1. The van der Waals surface area contributed by atoms with E-state index in [9.17, 15) is 4.79 Å². The Labute approximate surface area is 144 Å². The van der Waals surface area contributed by atoms with E-state index in [1.54, 1.807) is 12.3 Å². The van der Waals surface area contributed by atoms with Crippen molar-refractivity contribution in [3.8, 4) is 0 Å². The predicted octanol–water partition coefficient (Wildman–Crippen LogP) is 3.61. The lowest BCUT2D eigenvalue weighted by atomic mass is 10.3. The molecule has 0 radical (unpaired) electrons. The molecule has 0 bridgehead atoms. The number of imidazole rings is 1. The van der Waals surface area contributed by atoms with Crippen molar-refractivity contribution in [3.05, 3.63) is 61.1 Å². The van der Waals surface area contributed by atoms with Crippen molar-refractivity contribution < 1.29 is 9.21 Å². The van der Waals surface area contributed by atoms with Gasteiger partial charge in [-0.15, -0.1) is 6.58 Å². The lowest BCUT2D eigenvalue weighted by Crippen LogP contribution is -2.30. The molecule has 1 atom stereocenters. The van der Waals surface area contributed by atoms with Crippen molar-refractivity contribution in [3.63, 3.8) is 0 Å². The number of fused-ring (bicyclic) bond motifs is 1. The number of nitrogens with zero attached hydrogens (tertiary/aromatic N) is 2. The SMILES string of the molecule is C=CCn1c(S[C@@H](C)C(=O)NCc2ccco2)nc2ccccc21. The Morgan fingerprint density at radius 1 is 1.42 bits per heavy atom. The number of carbonyl (C=O) groups excluding carboxylic acids is 1. The number of para-hydroxylation sites is 2. The average Bonchev–Trinajstić information content (AvgIpc) is 3.21. The molecule has 0 unspecified atom stereocenters. The molecule has 24 heavy (non-hydrogen) atoms. The molecule has 3 rings (SSSR count). The van der Waals surface area contributed by atoms with E-state index < -0.39 is 0 Å². The fraction of sp³-hybridized carbons (Fsp3) is 0.222. The van der Waals surface area contributed by atoms with Gasteiger partial charge < -0.3 is 14.3 Å². The molecule has 0 aliphatic rings. The van der Waals surface area contributed by atoms with Gasteiger partial charge in [-0.25, -0.2) is 4.98 Å². The van der Waals surface area contributed by atoms with Crippen LogP contribution in [0.25, 0.3) is 11.0 Å². The molecule has 0 aliphatic carbocycles. The maximum Gasteiger partial charge on any atom is 0.233 e. The molecule has 0 fully saturated rings. The van der Waals surface area contributed by atoms with Gasteiger partial charge in [0.15, 0.2) is 5.16 Å². The number of benzene rings is 1. The van der Waals surface area contributed by atoms with E-state index in [4.69, 9.17) is 4.42 Å². The summed E-state index contributed by atoms with van der Waals surface area (Å²) in [5.41, 5.74) is 1.97. The van der Waals surface area contributed by atoms with Gasteiger partial charge in [-0.1, -0.05) is 30.0 Å². The van der Waals surface area contributed by atoms with Gasteiger partial charge in [-0.05, 0) is 31.2 Å². The van der Waals surface area contributed by atoms with Crippen molar-refractivity contribution in [2.24, 2.45) is 0 Å². The summed E-state index contributed by atoms with van der Waals surface area (Å²) in [6.07, 6.45) is 3.43. The number of nitrogens with one attached hydrogen (secondary N) is 1. The molecule has 0 saturated heterocycles. The molecule has 3 aromatic rings. The summed E-state index contributed by atoms with van der Waals surface area (Å²) in [6.45, 7) is 6.73. The summed E-state index contributed by atoms with van der Waals surface area (Å²) in [4.78, 5) is 16.9. The Hall–Kier alpha value is -2.47. The second kappa shape index (κ2) is 7.40. The van der Waals surface area contributed by atoms with Crippen LogP contribution in [-0.4, -0.2) is 20.7 Å². The van der Waals surface area contributed by atoms with Crippen molar-refractivity contribution in [1.82, 2.24) is 14.9 Å². The highest BCUT2D eigenvalue weighted by Crippen LogP contribution is 2.27. The van der Waals surface area contributed by atoms with E-state index in [1.165, 1.54) is 11.8 Å². The van der Waals surface area contributed by atoms with Crippen LogP contribution in [0.3, 0.4) is 0 Å². The van der Waals surface area contributed by atoms with Crippen LogP contribution < -0.4 is 5.32 Å². The summed E-state index contributed by atoms with van der Waals surface area (Å²) in [5.74, 6) is 0.688. The maximum absolute atomic E-state index is 12.3. The first kappa shape index (κ1) is 16.4. The fourth-order valence-corrected chi connectivity index (χ4v) is 3.35. The highest BCUT2D eigenvalue weighted by Gasteiger charge is 2.19. The molecule has 1 amide bonds. The first-order valence-corrected chi connectivity index (χ1v) is 8.60. The second-order valence-electron chi connectivity index (χ2n) is 5.34. The zero-order chi connectivity index (χ0) is 16.9. The van der Waals surface area contributed by atoms with Gasteiger partial charge in [0, 0.05) is 6.54 Å². The Morgan fingerprint density at radius 3 is 3.00 bits per heavy atom. The van der Waals surface area contributed by atoms with Gasteiger partial charge in [-0.2, -0.15) is 0 Å². The van der Waals surface area contributed by atoms with Crippen LogP contribution in [0.5, 0.6) is 0 Å². The molecule has 124 valence electrons. The number of carbonyl (C=O) groups is 1. The van der Waals surface area contributed by atoms with Crippen molar-refractivity contribution in [2.75, 3.05) is 0 Å². The number of hydrogen-bond donors (Lipinski definition) is 1. The minimum atomic E-state index is -0.264. The minimum Gasteiger partial charge on any atom is -0.467 e. The van der Waals surface area contributed by atoms with Crippen molar-refractivity contribution in [2.45, 2.75) is 30.4 Å². The molecule has 1 aromatic carbocycles. The van der Waals surface area contributed by atoms with Crippen LogP contribution >= 0.6 is 11.8 Å². The van der Waals surface area contributed by atoms with Gasteiger partial charge in [0.25, 0.3) is 0 Å². The quantitative estimate of drug-likeness (QED) is 0.527. The first-order valence-electron chi connectivity index (χ1n) is 7.72. The van der Waals surface area contributed by atoms with E-state index >= 15 is 0 Å². The third-order valence-electron chi connectivity index (χ3n) is 3.60. The van der Waals surface area contributed by atoms with Gasteiger partial charge in [0.1, 0.15) is 5.76 Å². The highest BCUT2D eigenvalue weighted by molar-refractivity contribution is 8.00. The Kier molecular flexibility index (Phi) is 5.05. The normalized spacial score (nSPS) is 12.2. The third kappa shape index (κ3) is 3.54. The molecule has 0 spiro atoms. The van der Waals surface area contributed by atoms with Crippen molar-refractivity contribution in [1.29, 1.82) is 0 Å². The van der Waals surface area contributed by atoms with E-state index in [1.807, 2.05) is 43.3 Å². The topological polar surface area (TPSA) is 60.1 Å². The number of furan rings is 1. The largest absolute Gasteiger partial charge is 0.467 e. The zero-order valence-corrected chi connectivity index (χ0v) is 14.3. The minimum absolute atomic E-state index is 0.0476. The van der Waals surface area contributed by atoms with Gasteiger partial charge in [-0.3, -0.25) is 4.79 Å². The monoisotopic (exact) mass is 341 g/mol. The Morgan fingerprint density at radius 2 is 2.25 bits per heavy atom. The lowest BCUT2D eigenvalue weighted by Gasteiger charge is -2.12. The Balaban J connectivity index is 1.72. The van der Waals surface area contributed by atoms with Gasteiger partial charge >= 0.3 is 0 Å². The van der Waals surface area contributed by atoms with Crippen LogP contribution in [0.4, 0.5) is 0 Å². The lowest BCUT2D eigenvalue weighted by molar-refractivity contribution is -0.120. The number of aromatic nitrogens is 2. The summed E-state index contributed by atoms with van der Waals surface area (Å²) < 4.78 is 7.30. The molecule has 2 heterocycles. The number of rotatable bonds is 7. The van der Waals surface area contributed by atoms with E-state index in [-0.39, 0.29) is 11.2 Å².